The van der Waals surface area contributed by atoms with Gasteiger partial charge in [0.05, 0.1) is 5.25 Å². The normalized spacial score (nSPS) is 12.4. The molecule has 1 atom stereocenters. The van der Waals surface area contributed by atoms with Crippen LogP contribution in [-0.2, 0) is 10.5 Å². The van der Waals surface area contributed by atoms with E-state index in [9.17, 15) is 4.79 Å². The number of rotatable bonds is 5. The van der Waals surface area contributed by atoms with Crippen molar-refractivity contribution in [2.45, 2.75) is 31.3 Å². The molecule has 1 rings (SSSR count). The summed E-state index contributed by atoms with van der Waals surface area (Å²) in [7, 11) is 0. The predicted octanol–water partition coefficient (Wildman–Crippen LogP) is 2.49. The molecule has 1 aromatic carbocycles. The van der Waals surface area contributed by atoms with Crippen LogP contribution in [0.4, 0.5) is 0 Å². The zero-order valence-electron chi connectivity index (χ0n) is 9.19. The third-order valence-electron chi connectivity index (χ3n) is 2.39. The number of hydrogen-bond donors (Lipinski definition) is 1. The Morgan fingerprint density at radius 2 is 2.13 bits per heavy atom. The Morgan fingerprint density at radius 3 is 2.67 bits per heavy atom. The Bertz CT molecular complexity index is 338. The van der Waals surface area contributed by atoms with E-state index in [1.54, 1.807) is 11.8 Å². The molecule has 2 N–H and O–H groups in total. The molecule has 0 spiro atoms. The molecule has 82 valence electrons. The number of nitrogens with two attached hydrogens (primary N) is 1. The minimum Gasteiger partial charge on any atom is -0.369 e. The monoisotopic (exact) mass is 223 g/mol. The molecule has 0 aliphatic rings. The van der Waals surface area contributed by atoms with Crippen molar-refractivity contribution in [3.63, 3.8) is 0 Å². The topological polar surface area (TPSA) is 43.1 Å². The van der Waals surface area contributed by atoms with Gasteiger partial charge in [0.25, 0.3) is 0 Å². The van der Waals surface area contributed by atoms with Crippen molar-refractivity contribution in [2.24, 2.45) is 5.73 Å². The zero-order valence-corrected chi connectivity index (χ0v) is 10.0. The molecule has 1 amide bonds. The molecule has 1 unspecified atom stereocenters. The van der Waals surface area contributed by atoms with Crippen LogP contribution in [0.1, 0.15) is 24.5 Å². The van der Waals surface area contributed by atoms with Crippen molar-refractivity contribution < 1.29 is 4.79 Å². The van der Waals surface area contributed by atoms with E-state index < -0.39 is 0 Å². The van der Waals surface area contributed by atoms with Gasteiger partial charge in [0.15, 0.2) is 0 Å². The summed E-state index contributed by atoms with van der Waals surface area (Å²) in [5.41, 5.74) is 7.84. The fraction of sp³-hybridized carbons (Fsp3) is 0.417. The average Bonchev–Trinajstić information content (AvgIpc) is 2.21. The van der Waals surface area contributed by atoms with Crippen LogP contribution < -0.4 is 5.73 Å². The minimum absolute atomic E-state index is 0.0652. The maximum Gasteiger partial charge on any atom is 0.230 e. The van der Waals surface area contributed by atoms with E-state index >= 15 is 0 Å². The van der Waals surface area contributed by atoms with Crippen LogP contribution in [0.2, 0.25) is 0 Å². The number of carbonyl (C=O) groups is 1. The lowest BCUT2D eigenvalue weighted by Crippen LogP contribution is -2.25. The standard InChI is InChI=1S/C12H17NOS/c1-3-11(12(13)14)15-8-10-7-5-4-6-9(10)2/h4-7,11H,3,8H2,1-2H3,(H2,13,14). The first-order chi connectivity index (χ1) is 7.15. The molecule has 0 aliphatic carbocycles. The summed E-state index contributed by atoms with van der Waals surface area (Å²) in [5.74, 6) is 0.643. The molecular weight excluding hydrogens is 206 g/mol. The third-order valence-corrected chi connectivity index (χ3v) is 3.84. The molecule has 0 saturated heterocycles. The second-order valence-corrected chi connectivity index (χ2v) is 4.73. The van der Waals surface area contributed by atoms with Crippen LogP contribution >= 0.6 is 11.8 Å². The lowest BCUT2D eigenvalue weighted by Gasteiger charge is -2.11. The van der Waals surface area contributed by atoms with Gasteiger partial charge >= 0.3 is 0 Å². The van der Waals surface area contributed by atoms with Crippen LogP contribution in [0.5, 0.6) is 0 Å². The van der Waals surface area contributed by atoms with Gasteiger partial charge in [-0.3, -0.25) is 4.79 Å². The van der Waals surface area contributed by atoms with E-state index in [0.29, 0.717) is 0 Å². The average molecular weight is 223 g/mol. The quantitative estimate of drug-likeness (QED) is 0.833. The summed E-state index contributed by atoms with van der Waals surface area (Å²) in [6.07, 6.45) is 0.798. The highest BCUT2D eigenvalue weighted by atomic mass is 32.2. The number of carbonyl (C=O) groups excluding carboxylic acids is 1. The van der Waals surface area contributed by atoms with Crippen LogP contribution in [-0.4, -0.2) is 11.2 Å². The van der Waals surface area contributed by atoms with Crippen molar-refractivity contribution in [3.8, 4) is 0 Å². The van der Waals surface area contributed by atoms with Crippen molar-refractivity contribution in [3.05, 3.63) is 35.4 Å². The summed E-state index contributed by atoms with van der Waals surface area (Å²) < 4.78 is 0. The highest BCUT2D eigenvalue weighted by molar-refractivity contribution is 7.99. The number of amides is 1. The van der Waals surface area contributed by atoms with E-state index in [2.05, 4.69) is 19.1 Å². The Labute approximate surface area is 95.2 Å². The molecule has 0 aliphatic heterocycles. The molecule has 0 radical (unpaired) electrons. The lowest BCUT2D eigenvalue weighted by molar-refractivity contribution is -0.117. The minimum atomic E-state index is -0.212. The van der Waals surface area contributed by atoms with Gasteiger partial charge < -0.3 is 5.73 Å². The fourth-order valence-corrected chi connectivity index (χ4v) is 2.47. The van der Waals surface area contributed by atoms with Gasteiger partial charge in [-0.05, 0) is 24.5 Å². The molecule has 0 fully saturated rings. The van der Waals surface area contributed by atoms with Gasteiger partial charge in [-0.1, -0.05) is 31.2 Å². The Morgan fingerprint density at radius 1 is 1.47 bits per heavy atom. The molecule has 0 saturated carbocycles. The molecular formula is C12H17NOS. The molecule has 3 heteroatoms. The first kappa shape index (κ1) is 12.1. The molecule has 2 nitrogen and oxygen atoms in total. The van der Waals surface area contributed by atoms with E-state index in [1.165, 1.54) is 11.1 Å². The lowest BCUT2D eigenvalue weighted by atomic mass is 10.1. The molecule has 0 bridgehead atoms. The summed E-state index contributed by atoms with van der Waals surface area (Å²) in [6, 6.07) is 8.22. The highest BCUT2D eigenvalue weighted by Gasteiger charge is 2.13. The summed E-state index contributed by atoms with van der Waals surface area (Å²) in [5, 5.41) is -0.0652. The van der Waals surface area contributed by atoms with E-state index in [1.807, 2.05) is 19.1 Å². The first-order valence-electron chi connectivity index (χ1n) is 5.10. The number of primary amides is 1. The van der Waals surface area contributed by atoms with Crippen molar-refractivity contribution in [2.75, 3.05) is 0 Å². The van der Waals surface area contributed by atoms with Gasteiger partial charge in [-0.25, -0.2) is 0 Å². The van der Waals surface area contributed by atoms with Gasteiger partial charge in [-0.15, -0.1) is 11.8 Å². The molecule has 15 heavy (non-hydrogen) atoms. The first-order valence-corrected chi connectivity index (χ1v) is 6.15. The van der Waals surface area contributed by atoms with Gasteiger partial charge in [0, 0.05) is 5.75 Å². The van der Waals surface area contributed by atoms with Crippen LogP contribution in [0, 0.1) is 6.92 Å². The Hall–Kier alpha value is -0.960. The van der Waals surface area contributed by atoms with E-state index in [4.69, 9.17) is 5.73 Å². The maximum absolute atomic E-state index is 11.0. The smallest absolute Gasteiger partial charge is 0.230 e. The second kappa shape index (κ2) is 5.81. The third kappa shape index (κ3) is 3.59. The summed E-state index contributed by atoms with van der Waals surface area (Å²) in [4.78, 5) is 11.0. The number of hydrogen-bond acceptors (Lipinski definition) is 2. The van der Waals surface area contributed by atoms with Crippen LogP contribution in [0.15, 0.2) is 24.3 Å². The summed E-state index contributed by atoms with van der Waals surface area (Å²) >= 11 is 1.62. The van der Waals surface area contributed by atoms with E-state index in [0.717, 1.165) is 12.2 Å². The fourth-order valence-electron chi connectivity index (χ4n) is 1.36. The van der Waals surface area contributed by atoms with Crippen molar-refractivity contribution >= 4 is 17.7 Å². The van der Waals surface area contributed by atoms with Crippen LogP contribution in [0.25, 0.3) is 0 Å². The van der Waals surface area contributed by atoms with Gasteiger partial charge in [0.1, 0.15) is 0 Å². The summed E-state index contributed by atoms with van der Waals surface area (Å²) in [6.45, 7) is 4.07. The number of thioether (sulfide) groups is 1. The molecule has 0 heterocycles. The number of benzene rings is 1. The Balaban J connectivity index is 2.56. The van der Waals surface area contributed by atoms with E-state index in [-0.39, 0.29) is 11.2 Å². The van der Waals surface area contributed by atoms with Crippen LogP contribution in [0.3, 0.4) is 0 Å². The molecule has 0 aromatic heterocycles. The highest BCUT2D eigenvalue weighted by Crippen LogP contribution is 2.21. The largest absolute Gasteiger partial charge is 0.369 e. The molecule has 1 aromatic rings. The zero-order chi connectivity index (χ0) is 11.3. The van der Waals surface area contributed by atoms with Gasteiger partial charge in [-0.2, -0.15) is 0 Å². The Kier molecular flexibility index (Phi) is 4.69. The van der Waals surface area contributed by atoms with Crippen molar-refractivity contribution in [1.82, 2.24) is 0 Å². The SMILES string of the molecule is CCC(SCc1ccccc1C)C(N)=O. The predicted molar refractivity (Wildman–Crippen MR) is 65.7 cm³/mol. The maximum atomic E-state index is 11.0. The van der Waals surface area contributed by atoms with Gasteiger partial charge in [0.2, 0.25) is 5.91 Å². The second-order valence-electron chi connectivity index (χ2n) is 3.54. The number of aryl methyl sites for hydroxylation is 1. The van der Waals surface area contributed by atoms with Crippen molar-refractivity contribution in [1.29, 1.82) is 0 Å².